The molecule has 1 aliphatic rings. The number of fused-ring (bicyclic) bond motifs is 1. The van der Waals surface area contributed by atoms with Crippen LogP contribution in [0, 0.1) is 0 Å². The lowest BCUT2D eigenvalue weighted by Crippen LogP contribution is -2.52. The third-order valence-corrected chi connectivity index (χ3v) is 4.46. The van der Waals surface area contributed by atoms with Crippen molar-refractivity contribution in [1.82, 2.24) is 14.9 Å². The zero-order valence-electron chi connectivity index (χ0n) is 11.7. The minimum atomic E-state index is 0.00231. The highest BCUT2D eigenvalue weighted by atomic mass is 32.1. The molecule has 0 bridgehead atoms. The lowest BCUT2D eigenvalue weighted by Gasteiger charge is -2.41. The normalized spacial score (nSPS) is 19.4. The number of anilines is 1. The van der Waals surface area contributed by atoms with Crippen molar-refractivity contribution in [3.05, 3.63) is 17.3 Å². The van der Waals surface area contributed by atoms with Crippen molar-refractivity contribution in [3.8, 4) is 0 Å². The Kier molecular flexibility index (Phi) is 3.59. The van der Waals surface area contributed by atoms with Gasteiger partial charge >= 0.3 is 0 Å². The standard InChI is InChI=1S/C13H19N5OS/c1-13(2)8-19-5-4-18(13)7-10-15-11(17-14)9-3-6-20-12(9)16-10/h3,6H,4-5,7-8,14H2,1-2H3,(H,15,16,17). The number of rotatable bonds is 3. The van der Waals surface area contributed by atoms with Crippen molar-refractivity contribution in [2.75, 3.05) is 25.2 Å². The van der Waals surface area contributed by atoms with E-state index in [1.807, 2.05) is 11.4 Å². The van der Waals surface area contributed by atoms with Crippen molar-refractivity contribution < 1.29 is 4.74 Å². The third-order valence-electron chi connectivity index (χ3n) is 3.66. The maximum Gasteiger partial charge on any atom is 0.152 e. The Labute approximate surface area is 121 Å². The largest absolute Gasteiger partial charge is 0.378 e. The third kappa shape index (κ3) is 2.49. The summed E-state index contributed by atoms with van der Waals surface area (Å²) in [5, 5.41) is 2.98. The number of nitrogens with one attached hydrogen (secondary N) is 1. The summed E-state index contributed by atoms with van der Waals surface area (Å²) in [7, 11) is 0. The maximum absolute atomic E-state index is 5.56. The highest BCUT2D eigenvalue weighted by molar-refractivity contribution is 7.16. The fourth-order valence-electron chi connectivity index (χ4n) is 2.43. The summed E-state index contributed by atoms with van der Waals surface area (Å²) in [5.41, 5.74) is 2.67. The molecule has 3 heterocycles. The van der Waals surface area contributed by atoms with Gasteiger partial charge in [0.15, 0.2) is 5.82 Å². The van der Waals surface area contributed by atoms with E-state index in [1.54, 1.807) is 11.3 Å². The van der Waals surface area contributed by atoms with Gasteiger partial charge in [-0.2, -0.15) is 0 Å². The number of aromatic nitrogens is 2. The summed E-state index contributed by atoms with van der Waals surface area (Å²) >= 11 is 1.60. The van der Waals surface area contributed by atoms with Crippen molar-refractivity contribution in [2.24, 2.45) is 5.84 Å². The van der Waals surface area contributed by atoms with Crippen LogP contribution in [0.15, 0.2) is 11.4 Å². The van der Waals surface area contributed by atoms with Gasteiger partial charge in [-0.05, 0) is 25.3 Å². The molecule has 0 aromatic carbocycles. The van der Waals surface area contributed by atoms with E-state index < -0.39 is 0 Å². The van der Waals surface area contributed by atoms with Gasteiger partial charge in [0.05, 0.1) is 25.1 Å². The van der Waals surface area contributed by atoms with Crippen LogP contribution in [0.5, 0.6) is 0 Å². The Morgan fingerprint density at radius 2 is 2.35 bits per heavy atom. The molecule has 6 nitrogen and oxygen atoms in total. The van der Waals surface area contributed by atoms with Gasteiger partial charge in [-0.1, -0.05) is 0 Å². The number of ether oxygens (including phenoxy) is 1. The van der Waals surface area contributed by atoms with Crippen molar-refractivity contribution in [2.45, 2.75) is 25.9 Å². The summed E-state index contributed by atoms with van der Waals surface area (Å²) in [6.45, 7) is 7.45. The first kappa shape index (κ1) is 13.7. The van der Waals surface area contributed by atoms with Crippen LogP contribution in [-0.4, -0.2) is 40.2 Å². The SMILES string of the molecule is CC1(C)COCCN1Cc1nc(NN)c2ccsc2n1. The van der Waals surface area contributed by atoms with Gasteiger partial charge in [0, 0.05) is 12.1 Å². The van der Waals surface area contributed by atoms with E-state index in [2.05, 4.69) is 34.1 Å². The quantitative estimate of drug-likeness (QED) is 0.661. The molecule has 1 fully saturated rings. The van der Waals surface area contributed by atoms with Gasteiger partial charge in [-0.25, -0.2) is 15.8 Å². The van der Waals surface area contributed by atoms with Crippen LogP contribution in [0.2, 0.25) is 0 Å². The molecule has 1 aliphatic heterocycles. The second kappa shape index (κ2) is 5.25. The van der Waals surface area contributed by atoms with Crippen LogP contribution in [0.1, 0.15) is 19.7 Å². The van der Waals surface area contributed by atoms with Crippen LogP contribution >= 0.6 is 11.3 Å². The second-order valence-corrected chi connectivity index (χ2v) is 6.45. The van der Waals surface area contributed by atoms with E-state index >= 15 is 0 Å². The Bertz CT molecular complexity index is 612. The van der Waals surface area contributed by atoms with Crippen LogP contribution in [0.25, 0.3) is 10.2 Å². The number of nitrogens with zero attached hydrogens (tertiary/aromatic N) is 3. The summed E-state index contributed by atoms with van der Waals surface area (Å²) in [4.78, 5) is 12.5. The summed E-state index contributed by atoms with van der Waals surface area (Å²) in [6.07, 6.45) is 0. The Morgan fingerprint density at radius 1 is 1.50 bits per heavy atom. The summed E-state index contributed by atoms with van der Waals surface area (Å²) in [5.74, 6) is 7.05. The van der Waals surface area contributed by atoms with Crippen LogP contribution in [0.3, 0.4) is 0 Å². The molecule has 0 saturated carbocycles. The van der Waals surface area contributed by atoms with Crippen LogP contribution < -0.4 is 11.3 Å². The predicted molar refractivity (Wildman–Crippen MR) is 80.5 cm³/mol. The van der Waals surface area contributed by atoms with Gasteiger partial charge < -0.3 is 10.2 Å². The zero-order valence-corrected chi connectivity index (χ0v) is 12.5. The lowest BCUT2D eigenvalue weighted by molar-refractivity contribution is -0.0562. The molecule has 20 heavy (non-hydrogen) atoms. The van der Waals surface area contributed by atoms with Gasteiger partial charge in [0.1, 0.15) is 10.7 Å². The minimum absolute atomic E-state index is 0.00231. The predicted octanol–water partition coefficient (Wildman–Crippen LogP) is 1.59. The van der Waals surface area contributed by atoms with Gasteiger partial charge in [-0.3, -0.25) is 4.90 Å². The number of hydrogen-bond donors (Lipinski definition) is 2. The number of nitrogen functional groups attached to an aromatic ring is 1. The molecular weight excluding hydrogens is 274 g/mol. The molecule has 0 atom stereocenters. The number of hydrazine groups is 1. The van der Waals surface area contributed by atoms with E-state index in [0.717, 1.165) is 35.8 Å². The van der Waals surface area contributed by atoms with Crippen LogP contribution in [-0.2, 0) is 11.3 Å². The molecule has 2 aromatic rings. The molecule has 0 amide bonds. The highest BCUT2D eigenvalue weighted by Gasteiger charge is 2.31. The first-order valence-corrected chi connectivity index (χ1v) is 7.52. The molecular formula is C13H19N5OS. The van der Waals surface area contributed by atoms with E-state index in [9.17, 15) is 0 Å². The minimum Gasteiger partial charge on any atom is -0.378 e. The molecule has 2 aromatic heterocycles. The molecule has 0 radical (unpaired) electrons. The average molecular weight is 293 g/mol. The fourth-order valence-corrected chi connectivity index (χ4v) is 3.22. The summed E-state index contributed by atoms with van der Waals surface area (Å²) < 4.78 is 5.54. The van der Waals surface area contributed by atoms with E-state index in [0.29, 0.717) is 12.4 Å². The molecule has 0 unspecified atom stereocenters. The lowest BCUT2D eigenvalue weighted by atomic mass is 10.0. The summed E-state index contributed by atoms with van der Waals surface area (Å²) in [6, 6.07) is 1.98. The number of nitrogens with two attached hydrogens (primary N) is 1. The first-order chi connectivity index (χ1) is 9.60. The fraction of sp³-hybridized carbons (Fsp3) is 0.538. The van der Waals surface area contributed by atoms with E-state index in [4.69, 9.17) is 10.6 Å². The van der Waals surface area contributed by atoms with Gasteiger partial charge in [0.25, 0.3) is 0 Å². The van der Waals surface area contributed by atoms with Crippen molar-refractivity contribution in [1.29, 1.82) is 0 Å². The second-order valence-electron chi connectivity index (χ2n) is 5.56. The Balaban J connectivity index is 1.90. The number of thiophene rings is 1. The van der Waals surface area contributed by atoms with Crippen molar-refractivity contribution >= 4 is 27.4 Å². The molecule has 7 heteroatoms. The first-order valence-electron chi connectivity index (χ1n) is 6.64. The monoisotopic (exact) mass is 293 g/mol. The van der Waals surface area contributed by atoms with Crippen LogP contribution in [0.4, 0.5) is 5.82 Å². The Hall–Kier alpha value is -1.28. The van der Waals surface area contributed by atoms with Gasteiger partial charge in [0.2, 0.25) is 0 Å². The van der Waals surface area contributed by atoms with E-state index in [-0.39, 0.29) is 5.54 Å². The van der Waals surface area contributed by atoms with Crippen molar-refractivity contribution in [3.63, 3.8) is 0 Å². The topological polar surface area (TPSA) is 76.3 Å². The molecule has 1 saturated heterocycles. The number of hydrogen-bond acceptors (Lipinski definition) is 7. The van der Waals surface area contributed by atoms with E-state index in [1.165, 1.54) is 0 Å². The molecule has 108 valence electrons. The molecule has 3 N–H and O–H groups in total. The average Bonchev–Trinajstić information content (AvgIpc) is 2.88. The smallest absolute Gasteiger partial charge is 0.152 e. The molecule has 0 aliphatic carbocycles. The molecule has 0 spiro atoms. The maximum atomic E-state index is 5.56. The highest BCUT2D eigenvalue weighted by Crippen LogP contribution is 2.26. The van der Waals surface area contributed by atoms with Gasteiger partial charge in [-0.15, -0.1) is 11.3 Å². The molecule has 3 rings (SSSR count). The number of morpholine rings is 1. The Morgan fingerprint density at radius 3 is 3.10 bits per heavy atom. The zero-order chi connectivity index (χ0) is 14.2.